The minimum atomic E-state index is -0.232. The molecule has 2 N–H and O–H groups in total. The van der Waals surface area contributed by atoms with E-state index in [1.807, 2.05) is 37.3 Å². The van der Waals surface area contributed by atoms with Gasteiger partial charge in [0.25, 0.3) is 5.91 Å². The third-order valence-corrected chi connectivity index (χ3v) is 6.72. The highest BCUT2D eigenvalue weighted by molar-refractivity contribution is 8.00. The predicted octanol–water partition coefficient (Wildman–Crippen LogP) is 6.22. The van der Waals surface area contributed by atoms with Gasteiger partial charge in [0.1, 0.15) is 0 Å². The van der Waals surface area contributed by atoms with E-state index in [9.17, 15) is 9.59 Å². The number of nitrogens with one attached hydrogen (secondary N) is 2. The zero-order valence-corrected chi connectivity index (χ0v) is 19.0. The van der Waals surface area contributed by atoms with Gasteiger partial charge in [0.15, 0.2) is 0 Å². The second kappa shape index (κ2) is 11.4. The van der Waals surface area contributed by atoms with Crippen LogP contribution in [0.5, 0.6) is 0 Å². The first-order chi connectivity index (χ1) is 14.5. The molecule has 0 aliphatic heterocycles. The van der Waals surface area contributed by atoms with E-state index in [0.717, 1.165) is 23.3 Å². The van der Waals surface area contributed by atoms with E-state index >= 15 is 0 Å². The van der Waals surface area contributed by atoms with Crippen LogP contribution in [0, 0.1) is 6.92 Å². The monoisotopic (exact) mass is 444 g/mol. The van der Waals surface area contributed by atoms with E-state index in [1.165, 1.54) is 43.9 Å². The number of hydrogen-bond donors (Lipinski definition) is 2. The molecule has 0 unspecified atom stereocenters. The zero-order valence-electron chi connectivity index (χ0n) is 17.4. The number of carbonyl (C=O) groups is 2. The van der Waals surface area contributed by atoms with Gasteiger partial charge in [0.2, 0.25) is 5.91 Å². The Morgan fingerprint density at radius 3 is 2.47 bits per heavy atom. The average Bonchev–Trinajstić information content (AvgIpc) is 2.70. The lowest BCUT2D eigenvalue weighted by Gasteiger charge is -2.21. The molecule has 0 aromatic heterocycles. The van der Waals surface area contributed by atoms with Crippen molar-refractivity contribution in [2.45, 2.75) is 62.8 Å². The fourth-order valence-corrected chi connectivity index (χ4v) is 4.85. The highest BCUT2D eigenvalue weighted by Gasteiger charge is 2.17. The fourth-order valence-electron chi connectivity index (χ4n) is 3.70. The molecule has 0 radical (unpaired) electrons. The van der Waals surface area contributed by atoms with Crippen LogP contribution in [0.25, 0.3) is 0 Å². The summed E-state index contributed by atoms with van der Waals surface area (Å²) in [6.07, 6.45) is 8.32. The van der Waals surface area contributed by atoms with Gasteiger partial charge in [-0.25, -0.2) is 0 Å². The third kappa shape index (κ3) is 6.78. The quantitative estimate of drug-likeness (QED) is 0.520. The molecule has 0 spiro atoms. The summed E-state index contributed by atoms with van der Waals surface area (Å²) in [6, 6.07) is 13.1. The Bertz CT molecular complexity index is 879. The van der Waals surface area contributed by atoms with Gasteiger partial charge in [-0.05, 0) is 49.6 Å². The fraction of sp³-hybridized carbons (Fsp3) is 0.417. The molecule has 6 heteroatoms. The van der Waals surface area contributed by atoms with Gasteiger partial charge in [-0.15, -0.1) is 11.8 Å². The third-order valence-electron chi connectivity index (χ3n) is 5.33. The summed E-state index contributed by atoms with van der Waals surface area (Å²) in [5.74, 6) is 0.0955. The van der Waals surface area contributed by atoms with Crippen molar-refractivity contribution in [1.82, 2.24) is 5.32 Å². The molecule has 160 valence electrons. The van der Waals surface area contributed by atoms with Gasteiger partial charge in [0.05, 0.1) is 22.0 Å². The van der Waals surface area contributed by atoms with Crippen molar-refractivity contribution in [1.29, 1.82) is 0 Å². The van der Waals surface area contributed by atoms with Crippen LogP contribution in [-0.2, 0) is 4.79 Å². The lowest BCUT2D eigenvalue weighted by Crippen LogP contribution is -2.36. The van der Waals surface area contributed by atoms with Crippen LogP contribution in [0.2, 0.25) is 5.02 Å². The standard InChI is InChI=1S/C24H29ClN2O2S/c1-17-13-14-21(20(25)15-17)27-24(29)19-11-7-8-12-22(19)30-16-23(28)26-18-9-5-3-2-4-6-10-18/h7-8,11-15,18H,2-6,9-10,16H2,1H3,(H,26,28)(H,27,29). The number of benzene rings is 2. The summed E-state index contributed by atoms with van der Waals surface area (Å²) < 4.78 is 0. The molecule has 1 saturated carbocycles. The summed E-state index contributed by atoms with van der Waals surface area (Å²) in [5, 5.41) is 6.56. The topological polar surface area (TPSA) is 58.2 Å². The van der Waals surface area contributed by atoms with Crippen molar-refractivity contribution in [2.24, 2.45) is 0 Å². The first-order valence-corrected chi connectivity index (χ1v) is 12.0. The number of rotatable bonds is 6. The molecule has 0 atom stereocenters. The molecular formula is C24H29ClN2O2S. The number of thioether (sulfide) groups is 1. The van der Waals surface area contributed by atoms with Gasteiger partial charge in [0, 0.05) is 10.9 Å². The van der Waals surface area contributed by atoms with Crippen LogP contribution < -0.4 is 10.6 Å². The normalized spacial score (nSPS) is 15.1. The first kappa shape index (κ1) is 22.7. The van der Waals surface area contributed by atoms with E-state index in [-0.39, 0.29) is 17.9 Å². The molecule has 0 bridgehead atoms. The van der Waals surface area contributed by atoms with Crippen LogP contribution in [0.1, 0.15) is 60.9 Å². The molecule has 3 rings (SSSR count). The Hall–Kier alpha value is -1.98. The number of hydrogen-bond acceptors (Lipinski definition) is 3. The smallest absolute Gasteiger partial charge is 0.256 e. The molecule has 2 aromatic carbocycles. The number of anilines is 1. The second-order valence-electron chi connectivity index (χ2n) is 7.83. The lowest BCUT2D eigenvalue weighted by atomic mass is 9.97. The summed E-state index contributed by atoms with van der Waals surface area (Å²) >= 11 is 7.64. The second-order valence-corrected chi connectivity index (χ2v) is 9.26. The van der Waals surface area contributed by atoms with E-state index in [4.69, 9.17) is 11.6 Å². The largest absolute Gasteiger partial charge is 0.353 e. The van der Waals surface area contributed by atoms with Crippen molar-refractivity contribution >= 4 is 40.9 Å². The van der Waals surface area contributed by atoms with Gasteiger partial charge in [-0.2, -0.15) is 0 Å². The Morgan fingerprint density at radius 2 is 1.73 bits per heavy atom. The Morgan fingerprint density at radius 1 is 1.03 bits per heavy atom. The maximum atomic E-state index is 12.8. The maximum absolute atomic E-state index is 12.8. The predicted molar refractivity (Wildman–Crippen MR) is 126 cm³/mol. The maximum Gasteiger partial charge on any atom is 0.256 e. The molecular weight excluding hydrogens is 416 g/mol. The SMILES string of the molecule is Cc1ccc(NC(=O)c2ccccc2SCC(=O)NC2CCCCCCC2)c(Cl)c1. The van der Waals surface area contributed by atoms with Crippen molar-refractivity contribution in [2.75, 3.05) is 11.1 Å². The van der Waals surface area contributed by atoms with Crippen LogP contribution in [-0.4, -0.2) is 23.6 Å². The Balaban J connectivity index is 1.59. The molecule has 2 amide bonds. The molecule has 1 aliphatic carbocycles. The molecule has 0 saturated heterocycles. The van der Waals surface area contributed by atoms with E-state index in [1.54, 1.807) is 12.1 Å². The van der Waals surface area contributed by atoms with Crippen molar-refractivity contribution < 1.29 is 9.59 Å². The van der Waals surface area contributed by atoms with Gasteiger partial charge in [-0.3, -0.25) is 9.59 Å². The van der Waals surface area contributed by atoms with Crippen LogP contribution in [0.4, 0.5) is 5.69 Å². The highest BCUT2D eigenvalue weighted by atomic mass is 35.5. The minimum Gasteiger partial charge on any atom is -0.353 e. The Kier molecular flexibility index (Phi) is 8.64. The summed E-state index contributed by atoms with van der Waals surface area (Å²) in [7, 11) is 0. The van der Waals surface area contributed by atoms with E-state index in [0.29, 0.717) is 22.0 Å². The van der Waals surface area contributed by atoms with Crippen molar-refractivity contribution in [3.8, 4) is 0 Å². The molecule has 0 heterocycles. The minimum absolute atomic E-state index is 0.0300. The molecule has 30 heavy (non-hydrogen) atoms. The molecule has 4 nitrogen and oxygen atoms in total. The summed E-state index contributed by atoms with van der Waals surface area (Å²) in [5.41, 5.74) is 2.15. The van der Waals surface area contributed by atoms with Crippen molar-refractivity contribution in [3.05, 3.63) is 58.6 Å². The van der Waals surface area contributed by atoms with Gasteiger partial charge in [-0.1, -0.05) is 61.9 Å². The lowest BCUT2D eigenvalue weighted by molar-refractivity contribution is -0.119. The van der Waals surface area contributed by atoms with E-state index in [2.05, 4.69) is 10.6 Å². The zero-order chi connectivity index (χ0) is 21.3. The van der Waals surface area contributed by atoms with Crippen LogP contribution in [0.3, 0.4) is 0 Å². The van der Waals surface area contributed by atoms with Gasteiger partial charge >= 0.3 is 0 Å². The number of amides is 2. The number of carbonyl (C=O) groups excluding carboxylic acids is 2. The molecule has 1 fully saturated rings. The summed E-state index contributed by atoms with van der Waals surface area (Å²) in [6.45, 7) is 1.95. The number of aryl methyl sites for hydroxylation is 1. The first-order valence-electron chi connectivity index (χ1n) is 10.6. The number of halogens is 1. The molecule has 2 aromatic rings. The average molecular weight is 445 g/mol. The van der Waals surface area contributed by atoms with E-state index < -0.39 is 0 Å². The highest BCUT2D eigenvalue weighted by Crippen LogP contribution is 2.27. The van der Waals surface area contributed by atoms with Crippen LogP contribution >= 0.6 is 23.4 Å². The molecule has 1 aliphatic rings. The summed E-state index contributed by atoms with van der Waals surface area (Å²) in [4.78, 5) is 26.1. The van der Waals surface area contributed by atoms with Crippen LogP contribution in [0.15, 0.2) is 47.4 Å². The van der Waals surface area contributed by atoms with Crippen molar-refractivity contribution in [3.63, 3.8) is 0 Å². The Labute approximate surface area is 188 Å². The van der Waals surface area contributed by atoms with Gasteiger partial charge < -0.3 is 10.6 Å².